The van der Waals surface area contributed by atoms with E-state index in [1.165, 1.54) is 12.1 Å². The maximum Gasteiger partial charge on any atom is 0.338 e. The van der Waals surface area contributed by atoms with Crippen LogP contribution >= 0.6 is 11.6 Å². The second-order valence-electron chi connectivity index (χ2n) is 6.31. The Labute approximate surface area is 166 Å². The zero-order valence-electron chi connectivity index (χ0n) is 15.0. The van der Waals surface area contributed by atoms with Crippen LogP contribution in [0.5, 0.6) is 0 Å². The summed E-state index contributed by atoms with van der Waals surface area (Å²) in [5.74, 6) is -0.258. The Kier molecular flexibility index (Phi) is 4.84. The van der Waals surface area contributed by atoms with Crippen LogP contribution in [0.3, 0.4) is 0 Å². The number of fused-ring (bicyclic) bond motifs is 1. The van der Waals surface area contributed by atoms with Crippen molar-refractivity contribution in [3.8, 4) is 5.69 Å². The van der Waals surface area contributed by atoms with E-state index in [1.807, 2.05) is 47.9 Å². The van der Waals surface area contributed by atoms with Crippen LogP contribution in [0.25, 0.3) is 16.7 Å². The molecule has 0 fully saturated rings. The SMILES string of the molecule is Cc1nc2cc(C(=O)OCc3c(F)cccc3Cl)ccc2n1-c1ccccc1. The first kappa shape index (κ1) is 18.2. The van der Waals surface area contributed by atoms with Gasteiger partial charge in [0.25, 0.3) is 0 Å². The fraction of sp³-hybridized carbons (Fsp3) is 0.0909. The molecule has 0 aliphatic carbocycles. The van der Waals surface area contributed by atoms with Crippen LogP contribution in [-0.2, 0) is 11.3 Å². The van der Waals surface area contributed by atoms with Crippen molar-refractivity contribution in [3.63, 3.8) is 0 Å². The van der Waals surface area contributed by atoms with E-state index in [9.17, 15) is 9.18 Å². The number of benzene rings is 3. The molecule has 0 atom stereocenters. The number of ether oxygens (including phenoxy) is 1. The van der Waals surface area contributed by atoms with E-state index in [0.717, 1.165) is 17.0 Å². The van der Waals surface area contributed by atoms with Gasteiger partial charge in [-0.15, -0.1) is 0 Å². The Morgan fingerprint density at radius 3 is 2.64 bits per heavy atom. The van der Waals surface area contributed by atoms with Crippen molar-refractivity contribution in [2.45, 2.75) is 13.5 Å². The van der Waals surface area contributed by atoms with Crippen LogP contribution in [0.4, 0.5) is 4.39 Å². The van der Waals surface area contributed by atoms with Gasteiger partial charge in [0.15, 0.2) is 0 Å². The summed E-state index contributed by atoms with van der Waals surface area (Å²) in [7, 11) is 0. The van der Waals surface area contributed by atoms with Crippen molar-refractivity contribution in [1.82, 2.24) is 9.55 Å². The predicted molar refractivity (Wildman–Crippen MR) is 106 cm³/mol. The summed E-state index contributed by atoms with van der Waals surface area (Å²) in [4.78, 5) is 17.0. The lowest BCUT2D eigenvalue weighted by molar-refractivity contribution is 0.0469. The van der Waals surface area contributed by atoms with E-state index in [4.69, 9.17) is 16.3 Å². The summed E-state index contributed by atoms with van der Waals surface area (Å²) in [6.45, 7) is 1.67. The lowest BCUT2D eigenvalue weighted by atomic mass is 10.2. The van der Waals surface area contributed by atoms with Gasteiger partial charge in [-0.3, -0.25) is 4.57 Å². The van der Waals surface area contributed by atoms with Crippen molar-refractivity contribution in [2.24, 2.45) is 0 Å². The number of carbonyl (C=O) groups excluding carboxylic acids is 1. The molecule has 140 valence electrons. The molecule has 0 N–H and O–H groups in total. The largest absolute Gasteiger partial charge is 0.457 e. The third-order valence-corrected chi connectivity index (χ3v) is 4.84. The van der Waals surface area contributed by atoms with Crippen molar-refractivity contribution >= 4 is 28.6 Å². The molecule has 0 unspecified atom stereocenters. The molecule has 0 spiro atoms. The number of aromatic nitrogens is 2. The third-order valence-electron chi connectivity index (χ3n) is 4.48. The summed E-state index contributed by atoms with van der Waals surface area (Å²) in [5.41, 5.74) is 3.06. The Hall–Kier alpha value is -3.18. The van der Waals surface area contributed by atoms with Crippen molar-refractivity contribution in [2.75, 3.05) is 0 Å². The quantitative estimate of drug-likeness (QED) is 0.430. The van der Waals surface area contributed by atoms with Crippen LogP contribution in [0.1, 0.15) is 21.7 Å². The highest BCUT2D eigenvalue weighted by Crippen LogP contribution is 2.24. The fourth-order valence-electron chi connectivity index (χ4n) is 3.12. The molecule has 0 saturated carbocycles. The Balaban J connectivity index is 1.61. The third kappa shape index (κ3) is 3.37. The molecule has 1 aromatic heterocycles. The van der Waals surface area contributed by atoms with E-state index in [0.29, 0.717) is 11.1 Å². The molecule has 4 rings (SSSR count). The van der Waals surface area contributed by atoms with E-state index >= 15 is 0 Å². The van der Waals surface area contributed by atoms with Gasteiger partial charge in [-0.05, 0) is 49.4 Å². The number of imidazole rings is 1. The molecule has 0 saturated heterocycles. The molecule has 0 aliphatic heterocycles. The zero-order valence-corrected chi connectivity index (χ0v) is 15.8. The lowest BCUT2D eigenvalue weighted by Gasteiger charge is -2.08. The molecular weight excluding hydrogens is 379 g/mol. The van der Waals surface area contributed by atoms with E-state index in [-0.39, 0.29) is 17.2 Å². The summed E-state index contributed by atoms with van der Waals surface area (Å²) in [5, 5.41) is 0.223. The topological polar surface area (TPSA) is 44.1 Å². The number of halogens is 2. The minimum Gasteiger partial charge on any atom is -0.457 e. The molecule has 0 radical (unpaired) electrons. The number of para-hydroxylation sites is 1. The molecule has 1 heterocycles. The molecule has 0 amide bonds. The highest BCUT2D eigenvalue weighted by molar-refractivity contribution is 6.31. The number of esters is 1. The lowest BCUT2D eigenvalue weighted by Crippen LogP contribution is -2.06. The minimum atomic E-state index is -0.562. The van der Waals surface area contributed by atoms with Gasteiger partial charge in [-0.1, -0.05) is 35.9 Å². The Morgan fingerprint density at radius 1 is 1.11 bits per heavy atom. The highest BCUT2D eigenvalue weighted by atomic mass is 35.5. The minimum absolute atomic E-state index is 0.155. The van der Waals surface area contributed by atoms with Crippen LogP contribution in [0.15, 0.2) is 66.7 Å². The van der Waals surface area contributed by atoms with Crippen LogP contribution < -0.4 is 0 Å². The summed E-state index contributed by atoms with van der Waals surface area (Å²) < 4.78 is 21.1. The van der Waals surface area contributed by atoms with Gasteiger partial charge in [0.05, 0.1) is 21.6 Å². The summed E-state index contributed by atoms with van der Waals surface area (Å²) in [6.07, 6.45) is 0. The normalized spacial score (nSPS) is 11.0. The van der Waals surface area contributed by atoms with Gasteiger partial charge in [0.1, 0.15) is 18.2 Å². The van der Waals surface area contributed by atoms with Gasteiger partial charge in [-0.2, -0.15) is 0 Å². The molecule has 4 nitrogen and oxygen atoms in total. The molecule has 0 bridgehead atoms. The molecule has 6 heteroatoms. The molecule has 28 heavy (non-hydrogen) atoms. The maximum atomic E-state index is 13.8. The van der Waals surface area contributed by atoms with Crippen molar-refractivity contribution in [1.29, 1.82) is 0 Å². The van der Waals surface area contributed by atoms with E-state index in [1.54, 1.807) is 18.2 Å². The second kappa shape index (κ2) is 7.44. The van der Waals surface area contributed by atoms with Gasteiger partial charge < -0.3 is 4.74 Å². The average Bonchev–Trinajstić information content (AvgIpc) is 3.03. The van der Waals surface area contributed by atoms with Gasteiger partial charge in [-0.25, -0.2) is 14.2 Å². The zero-order chi connectivity index (χ0) is 19.7. The standard InChI is InChI=1S/C22H16ClFN2O2/c1-14-25-20-12-15(10-11-21(20)26(14)16-6-3-2-4-7-16)22(27)28-13-17-18(23)8-5-9-19(17)24/h2-12H,13H2,1H3. The van der Waals surface area contributed by atoms with Crippen molar-refractivity contribution in [3.05, 3.63) is 94.5 Å². The molecular formula is C22H16ClFN2O2. The number of hydrogen-bond acceptors (Lipinski definition) is 3. The Bertz CT molecular complexity index is 1150. The smallest absolute Gasteiger partial charge is 0.338 e. The monoisotopic (exact) mass is 394 g/mol. The Morgan fingerprint density at radius 2 is 1.89 bits per heavy atom. The van der Waals surface area contributed by atoms with Crippen molar-refractivity contribution < 1.29 is 13.9 Å². The number of carbonyl (C=O) groups is 1. The molecule has 3 aromatic carbocycles. The first-order chi connectivity index (χ1) is 13.5. The van der Waals surface area contributed by atoms with Gasteiger partial charge >= 0.3 is 5.97 Å². The van der Waals surface area contributed by atoms with Gasteiger partial charge in [0.2, 0.25) is 0 Å². The predicted octanol–water partition coefficient (Wildman–Crippen LogP) is 5.48. The molecule has 0 aliphatic rings. The first-order valence-corrected chi connectivity index (χ1v) is 9.07. The van der Waals surface area contributed by atoms with E-state index < -0.39 is 11.8 Å². The van der Waals surface area contributed by atoms with Crippen LogP contribution in [0, 0.1) is 12.7 Å². The van der Waals surface area contributed by atoms with Crippen LogP contribution in [0.2, 0.25) is 5.02 Å². The fourth-order valence-corrected chi connectivity index (χ4v) is 3.34. The average molecular weight is 395 g/mol. The number of hydrogen-bond donors (Lipinski definition) is 0. The summed E-state index contributed by atoms with van der Waals surface area (Å²) in [6, 6.07) is 19.4. The van der Waals surface area contributed by atoms with Gasteiger partial charge in [0, 0.05) is 11.3 Å². The first-order valence-electron chi connectivity index (χ1n) is 8.69. The maximum absolute atomic E-state index is 13.8. The molecule has 4 aromatic rings. The summed E-state index contributed by atoms with van der Waals surface area (Å²) >= 11 is 5.97. The van der Waals surface area contributed by atoms with Crippen LogP contribution in [-0.4, -0.2) is 15.5 Å². The van der Waals surface area contributed by atoms with E-state index in [2.05, 4.69) is 4.98 Å². The number of aryl methyl sites for hydroxylation is 1. The highest BCUT2D eigenvalue weighted by Gasteiger charge is 2.15. The number of rotatable bonds is 4. The second-order valence-corrected chi connectivity index (χ2v) is 6.72. The number of nitrogens with zero attached hydrogens (tertiary/aromatic N) is 2.